The molecule has 0 spiro atoms. The lowest BCUT2D eigenvalue weighted by molar-refractivity contribution is 0.171. The SMILES string of the molecule is CNCC(O)CCSC. The Hall–Kier alpha value is 0.270. The van der Waals surface area contributed by atoms with E-state index in [1.807, 2.05) is 13.3 Å². The maximum absolute atomic E-state index is 9.10. The van der Waals surface area contributed by atoms with Crippen molar-refractivity contribution >= 4 is 11.8 Å². The minimum absolute atomic E-state index is 0.164. The van der Waals surface area contributed by atoms with E-state index in [0.717, 1.165) is 12.2 Å². The van der Waals surface area contributed by atoms with Crippen molar-refractivity contribution in [3.05, 3.63) is 0 Å². The Morgan fingerprint density at radius 1 is 1.67 bits per heavy atom. The zero-order valence-corrected chi connectivity index (χ0v) is 6.87. The van der Waals surface area contributed by atoms with E-state index < -0.39 is 0 Å². The largest absolute Gasteiger partial charge is 0.392 e. The number of aliphatic hydroxyl groups excluding tert-OH is 1. The Morgan fingerprint density at radius 3 is 2.78 bits per heavy atom. The van der Waals surface area contributed by atoms with E-state index in [4.69, 9.17) is 5.11 Å². The number of nitrogens with one attached hydrogen (secondary N) is 1. The van der Waals surface area contributed by atoms with Gasteiger partial charge in [-0.15, -0.1) is 0 Å². The molecule has 1 atom stereocenters. The Morgan fingerprint density at radius 2 is 2.33 bits per heavy atom. The first-order valence-electron chi connectivity index (χ1n) is 3.13. The summed E-state index contributed by atoms with van der Waals surface area (Å²) in [6.45, 7) is 0.709. The van der Waals surface area contributed by atoms with E-state index in [1.165, 1.54) is 0 Å². The van der Waals surface area contributed by atoms with Gasteiger partial charge in [-0.25, -0.2) is 0 Å². The highest BCUT2D eigenvalue weighted by Crippen LogP contribution is 1.98. The minimum atomic E-state index is -0.164. The third-order valence-electron chi connectivity index (χ3n) is 1.09. The Bertz CT molecular complexity index is 61.0. The van der Waals surface area contributed by atoms with Crippen LogP contribution in [0.5, 0.6) is 0 Å². The molecule has 0 heterocycles. The number of aliphatic hydroxyl groups is 1. The monoisotopic (exact) mass is 149 g/mol. The first-order valence-corrected chi connectivity index (χ1v) is 4.52. The van der Waals surface area contributed by atoms with E-state index in [1.54, 1.807) is 11.8 Å². The van der Waals surface area contributed by atoms with Crippen molar-refractivity contribution in [1.82, 2.24) is 5.32 Å². The van der Waals surface area contributed by atoms with Gasteiger partial charge in [-0.1, -0.05) is 0 Å². The smallest absolute Gasteiger partial charge is 0.0672 e. The summed E-state index contributed by atoms with van der Waals surface area (Å²) < 4.78 is 0. The topological polar surface area (TPSA) is 32.3 Å². The molecule has 0 aliphatic carbocycles. The zero-order valence-electron chi connectivity index (χ0n) is 6.05. The zero-order chi connectivity index (χ0) is 7.11. The quantitative estimate of drug-likeness (QED) is 0.590. The van der Waals surface area contributed by atoms with E-state index in [0.29, 0.717) is 6.54 Å². The Kier molecular flexibility index (Phi) is 6.58. The summed E-state index contributed by atoms with van der Waals surface area (Å²) in [6, 6.07) is 0. The molecule has 0 aliphatic heterocycles. The van der Waals surface area contributed by atoms with Crippen LogP contribution in [0.3, 0.4) is 0 Å². The molecule has 2 nitrogen and oxygen atoms in total. The van der Waals surface area contributed by atoms with Gasteiger partial charge < -0.3 is 10.4 Å². The van der Waals surface area contributed by atoms with Crippen LogP contribution in [-0.4, -0.2) is 36.8 Å². The molecule has 1 unspecified atom stereocenters. The van der Waals surface area contributed by atoms with Crippen LogP contribution in [0.4, 0.5) is 0 Å². The maximum Gasteiger partial charge on any atom is 0.0672 e. The van der Waals surface area contributed by atoms with E-state index in [-0.39, 0.29) is 6.10 Å². The molecular formula is C6H15NOS. The molecule has 0 aliphatic rings. The summed E-state index contributed by atoms with van der Waals surface area (Å²) in [4.78, 5) is 0. The van der Waals surface area contributed by atoms with Crippen LogP contribution in [0.2, 0.25) is 0 Å². The second kappa shape index (κ2) is 6.39. The fourth-order valence-corrected chi connectivity index (χ4v) is 1.10. The van der Waals surface area contributed by atoms with Crippen molar-refractivity contribution < 1.29 is 5.11 Å². The number of thioether (sulfide) groups is 1. The standard InChI is InChI=1S/C6H15NOS/c1-7-5-6(8)3-4-9-2/h6-8H,3-5H2,1-2H3. The van der Waals surface area contributed by atoms with Crippen LogP contribution in [0.15, 0.2) is 0 Å². The molecule has 2 N–H and O–H groups in total. The number of likely N-dealkylation sites (N-methyl/N-ethyl adjacent to an activating group) is 1. The first-order chi connectivity index (χ1) is 4.31. The number of rotatable bonds is 5. The van der Waals surface area contributed by atoms with Crippen molar-refractivity contribution in [2.24, 2.45) is 0 Å². The molecule has 0 fully saturated rings. The van der Waals surface area contributed by atoms with Gasteiger partial charge in [-0.3, -0.25) is 0 Å². The summed E-state index contributed by atoms with van der Waals surface area (Å²) in [5.74, 6) is 1.04. The van der Waals surface area contributed by atoms with Gasteiger partial charge in [0, 0.05) is 6.54 Å². The summed E-state index contributed by atoms with van der Waals surface area (Å²) in [5.41, 5.74) is 0. The summed E-state index contributed by atoms with van der Waals surface area (Å²) >= 11 is 1.77. The second-order valence-corrected chi connectivity index (χ2v) is 2.98. The van der Waals surface area contributed by atoms with E-state index >= 15 is 0 Å². The van der Waals surface area contributed by atoms with Crippen LogP contribution in [0.1, 0.15) is 6.42 Å². The van der Waals surface area contributed by atoms with Crippen LogP contribution >= 0.6 is 11.8 Å². The third kappa shape index (κ3) is 6.15. The molecule has 56 valence electrons. The van der Waals surface area contributed by atoms with Crippen LogP contribution in [-0.2, 0) is 0 Å². The fourth-order valence-electron chi connectivity index (χ4n) is 0.592. The van der Waals surface area contributed by atoms with Gasteiger partial charge in [0.05, 0.1) is 6.10 Å². The molecular weight excluding hydrogens is 134 g/mol. The summed E-state index contributed by atoms with van der Waals surface area (Å²) in [6.07, 6.45) is 2.77. The molecule has 3 heteroatoms. The molecule has 0 rings (SSSR count). The normalized spacial score (nSPS) is 13.7. The van der Waals surface area contributed by atoms with Crippen LogP contribution < -0.4 is 5.32 Å². The second-order valence-electron chi connectivity index (χ2n) is 1.99. The lowest BCUT2D eigenvalue weighted by Crippen LogP contribution is -2.23. The Labute approximate surface area is 61.0 Å². The minimum Gasteiger partial charge on any atom is -0.392 e. The van der Waals surface area contributed by atoms with Crippen LogP contribution in [0.25, 0.3) is 0 Å². The highest BCUT2D eigenvalue weighted by atomic mass is 32.2. The third-order valence-corrected chi connectivity index (χ3v) is 1.74. The number of hydrogen-bond acceptors (Lipinski definition) is 3. The lowest BCUT2D eigenvalue weighted by Gasteiger charge is -2.06. The van der Waals surface area contributed by atoms with E-state index in [9.17, 15) is 0 Å². The molecule has 0 aromatic carbocycles. The average molecular weight is 149 g/mol. The van der Waals surface area contributed by atoms with Gasteiger partial charge in [0.15, 0.2) is 0 Å². The predicted octanol–water partition coefficient (Wildman–Crippen LogP) is 0.320. The van der Waals surface area contributed by atoms with Crippen molar-refractivity contribution in [3.63, 3.8) is 0 Å². The fraction of sp³-hybridized carbons (Fsp3) is 1.00. The van der Waals surface area contributed by atoms with Crippen molar-refractivity contribution in [2.45, 2.75) is 12.5 Å². The summed E-state index contributed by atoms with van der Waals surface area (Å²) in [7, 11) is 1.85. The van der Waals surface area contributed by atoms with Gasteiger partial charge in [0.2, 0.25) is 0 Å². The first kappa shape index (κ1) is 9.27. The van der Waals surface area contributed by atoms with Crippen LogP contribution in [0, 0.1) is 0 Å². The van der Waals surface area contributed by atoms with Gasteiger partial charge >= 0.3 is 0 Å². The van der Waals surface area contributed by atoms with Gasteiger partial charge in [0.1, 0.15) is 0 Å². The molecule has 0 saturated carbocycles. The highest BCUT2D eigenvalue weighted by molar-refractivity contribution is 7.98. The molecule has 0 amide bonds. The van der Waals surface area contributed by atoms with Gasteiger partial charge in [-0.05, 0) is 25.5 Å². The maximum atomic E-state index is 9.10. The molecule has 0 bridgehead atoms. The average Bonchev–Trinajstić information content (AvgIpc) is 1.85. The molecule has 0 aromatic rings. The molecule has 0 aromatic heterocycles. The predicted molar refractivity (Wildman–Crippen MR) is 42.9 cm³/mol. The van der Waals surface area contributed by atoms with Crippen molar-refractivity contribution in [3.8, 4) is 0 Å². The lowest BCUT2D eigenvalue weighted by atomic mass is 10.3. The van der Waals surface area contributed by atoms with E-state index in [2.05, 4.69) is 5.32 Å². The van der Waals surface area contributed by atoms with Crippen molar-refractivity contribution in [1.29, 1.82) is 0 Å². The van der Waals surface area contributed by atoms with Gasteiger partial charge in [0.25, 0.3) is 0 Å². The molecule has 0 saturated heterocycles. The molecule has 0 radical (unpaired) electrons. The molecule has 9 heavy (non-hydrogen) atoms. The summed E-state index contributed by atoms with van der Waals surface area (Å²) in [5, 5.41) is 12.0. The van der Waals surface area contributed by atoms with Gasteiger partial charge in [-0.2, -0.15) is 11.8 Å². The highest BCUT2D eigenvalue weighted by Gasteiger charge is 1.99. The Balaban J connectivity index is 2.95. The number of hydrogen-bond donors (Lipinski definition) is 2. The van der Waals surface area contributed by atoms with Crippen molar-refractivity contribution in [2.75, 3.05) is 25.6 Å².